The van der Waals surface area contributed by atoms with Gasteiger partial charge in [0.1, 0.15) is 11.5 Å². The molecule has 3 heteroatoms. The van der Waals surface area contributed by atoms with Crippen LogP contribution in [0.1, 0.15) is 40.5 Å². The van der Waals surface area contributed by atoms with Crippen LogP contribution >= 0.6 is 0 Å². The molecule has 1 rings (SSSR count). The molecule has 0 fully saturated rings. The Kier molecular flexibility index (Phi) is 6.40. The Morgan fingerprint density at radius 1 is 1.11 bits per heavy atom. The molecule has 1 aromatic rings. The summed E-state index contributed by atoms with van der Waals surface area (Å²) in [5.74, 6) is 1.77. The Balaban J connectivity index is 2.84. The van der Waals surface area contributed by atoms with Gasteiger partial charge in [-0.25, -0.2) is 0 Å². The molecule has 0 bridgehead atoms. The van der Waals surface area contributed by atoms with E-state index < -0.39 is 0 Å². The van der Waals surface area contributed by atoms with Gasteiger partial charge in [-0.3, -0.25) is 0 Å². The van der Waals surface area contributed by atoms with E-state index in [0.29, 0.717) is 19.3 Å². The number of nitrogens with one attached hydrogen (secondary N) is 1. The molecule has 3 nitrogen and oxygen atoms in total. The van der Waals surface area contributed by atoms with Crippen molar-refractivity contribution in [1.29, 1.82) is 0 Å². The van der Waals surface area contributed by atoms with Crippen LogP contribution in [0.15, 0.2) is 18.2 Å². The Morgan fingerprint density at radius 2 is 1.83 bits per heavy atom. The summed E-state index contributed by atoms with van der Waals surface area (Å²) in [6.45, 7) is 9.71. The lowest BCUT2D eigenvalue weighted by molar-refractivity contribution is 0.331. The molecule has 0 aliphatic carbocycles. The molecule has 0 saturated carbocycles. The number of anilines is 1. The van der Waals surface area contributed by atoms with Gasteiger partial charge in [0.2, 0.25) is 0 Å². The van der Waals surface area contributed by atoms with Gasteiger partial charge in [0, 0.05) is 12.1 Å². The summed E-state index contributed by atoms with van der Waals surface area (Å²) in [6.07, 6.45) is 2.31. The van der Waals surface area contributed by atoms with E-state index in [9.17, 15) is 0 Å². The van der Waals surface area contributed by atoms with Crippen LogP contribution in [0.4, 0.5) is 5.69 Å². The third-order valence-electron chi connectivity index (χ3n) is 2.69. The van der Waals surface area contributed by atoms with E-state index in [1.165, 1.54) is 6.42 Å². The molecule has 18 heavy (non-hydrogen) atoms. The van der Waals surface area contributed by atoms with Gasteiger partial charge in [-0.05, 0) is 39.3 Å². The third-order valence-corrected chi connectivity index (χ3v) is 2.69. The second-order valence-electron chi connectivity index (χ2n) is 4.36. The van der Waals surface area contributed by atoms with Gasteiger partial charge in [-0.2, -0.15) is 0 Å². The summed E-state index contributed by atoms with van der Waals surface area (Å²) in [5.41, 5.74) is 1.02. The van der Waals surface area contributed by atoms with Crippen molar-refractivity contribution < 1.29 is 9.47 Å². The Bertz CT molecular complexity index is 352. The molecular formula is C15H25NO2. The quantitative estimate of drug-likeness (QED) is 0.755. The summed E-state index contributed by atoms with van der Waals surface area (Å²) in [6, 6.07) is 6.37. The average Bonchev–Trinajstić information content (AvgIpc) is 2.33. The molecule has 102 valence electrons. The lowest BCUT2D eigenvalue weighted by atomic mass is 10.2. The number of rotatable bonds is 8. The van der Waals surface area contributed by atoms with Crippen LogP contribution in [0.3, 0.4) is 0 Å². The highest BCUT2D eigenvalue weighted by Crippen LogP contribution is 2.30. The minimum absolute atomic E-state index is 0.436. The lowest BCUT2D eigenvalue weighted by Gasteiger charge is -2.18. The second-order valence-corrected chi connectivity index (χ2v) is 4.36. The first-order valence-electron chi connectivity index (χ1n) is 6.87. The molecule has 0 amide bonds. The summed E-state index contributed by atoms with van der Waals surface area (Å²) in [7, 11) is 0. The fourth-order valence-corrected chi connectivity index (χ4v) is 1.93. The zero-order valence-corrected chi connectivity index (χ0v) is 12.0. The highest BCUT2D eigenvalue weighted by Gasteiger charge is 2.08. The fourth-order valence-electron chi connectivity index (χ4n) is 1.93. The van der Waals surface area contributed by atoms with Crippen LogP contribution < -0.4 is 14.8 Å². The Morgan fingerprint density at radius 3 is 2.44 bits per heavy atom. The fraction of sp³-hybridized carbons (Fsp3) is 0.600. The van der Waals surface area contributed by atoms with Crippen molar-refractivity contribution >= 4 is 5.69 Å². The van der Waals surface area contributed by atoms with Crippen molar-refractivity contribution in [3.8, 4) is 11.5 Å². The number of benzene rings is 1. The van der Waals surface area contributed by atoms with Crippen molar-refractivity contribution in [1.82, 2.24) is 0 Å². The predicted molar refractivity (Wildman–Crippen MR) is 76.8 cm³/mol. The molecule has 0 saturated heterocycles. The van der Waals surface area contributed by atoms with E-state index in [-0.39, 0.29) is 0 Å². The molecule has 0 aromatic heterocycles. The van der Waals surface area contributed by atoms with Crippen molar-refractivity contribution in [2.45, 2.75) is 46.6 Å². The zero-order valence-electron chi connectivity index (χ0n) is 12.0. The van der Waals surface area contributed by atoms with Gasteiger partial charge < -0.3 is 14.8 Å². The van der Waals surface area contributed by atoms with Gasteiger partial charge in [0.25, 0.3) is 0 Å². The lowest BCUT2D eigenvalue weighted by Crippen LogP contribution is -2.15. The Labute approximate surface area is 110 Å². The van der Waals surface area contributed by atoms with Crippen molar-refractivity contribution in [2.75, 3.05) is 18.5 Å². The highest BCUT2D eigenvalue weighted by molar-refractivity contribution is 5.60. The number of ether oxygens (including phenoxy) is 2. The van der Waals surface area contributed by atoms with Gasteiger partial charge in [0.15, 0.2) is 0 Å². The zero-order chi connectivity index (χ0) is 13.4. The largest absolute Gasteiger partial charge is 0.494 e. The maximum Gasteiger partial charge on any atom is 0.142 e. The predicted octanol–water partition coefficient (Wildman–Crippen LogP) is 4.08. The molecule has 1 atom stereocenters. The third kappa shape index (κ3) is 4.47. The molecule has 0 radical (unpaired) electrons. The van der Waals surface area contributed by atoms with E-state index in [4.69, 9.17) is 9.47 Å². The second kappa shape index (κ2) is 7.85. The minimum atomic E-state index is 0.436. The summed E-state index contributed by atoms with van der Waals surface area (Å²) < 4.78 is 11.2. The maximum absolute atomic E-state index is 5.63. The van der Waals surface area contributed by atoms with Crippen LogP contribution in [0.25, 0.3) is 0 Å². The first-order chi connectivity index (χ1) is 8.71. The molecule has 0 heterocycles. The topological polar surface area (TPSA) is 30.5 Å². The van der Waals surface area contributed by atoms with E-state index in [2.05, 4.69) is 19.2 Å². The molecule has 0 aliphatic heterocycles. The van der Waals surface area contributed by atoms with Gasteiger partial charge in [-0.15, -0.1) is 0 Å². The van der Waals surface area contributed by atoms with Crippen LogP contribution in [0.2, 0.25) is 0 Å². The van der Waals surface area contributed by atoms with E-state index in [0.717, 1.165) is 23.6 Å². The molecule has 1 aromatic carbocycles. The van der Waals surface area contributed by atoms with Crippen molar-refractivity contribution in [3.05, 3.63) is 18.2 Å². The smallest absolute Gasteiger partial charge is 0.142 e. The molecule has 1 unspecified atom stereocenters. The van der Waals surface area contributed by atoms with Gasteiger partial charge in [0.05, 0.1) is 18.9 Å². The van der Waals surface area contributed by atoms with Crippen LogP contribution in [-0.4, -0.2) is 19.3 Å². The maximum atomic E-state index is 5.63. The summed E-state index contributed by atoms with van der Waals surface area (Å²) in [4.78, 5) is 0. The molecule has 1 N–H and O–H groups in total. The summed E-state index contributed by atoms with van der Waals surface area (Å²) >= 11 is 0. The van der Waals surface area contributed by atoms with Crippen molar-refractivity contribution in [2.24, 2.45) is 0 Å². The molecule has 0 aliphatic rings. The normalized spacial score (nSPS) is 12.0. The molecular weight excluding hydrogens is 226 g/mol. The van der Waals surface area contributed by atoms with E-state index >= 15 is 0 Å². The molecule has 0 spiro atoms. The average molecular weight is 251 g/mol. The van der Waals surface area contributed by atoms with Gasteiger partial charge >= 0.3 is 0 Å². The van der Waals surface area contributed by atoms with Crippen LogP contribution in [0.5, 0.6) is 11.5 Å². The Hall–Kier alpha value is -1.38. The minimum Gasteiger partial charge on any atom is -0.494 e. The standard InChI is InChI=1S/C15H25NO2/c1-5-8-12(4)16-14-11-13(17-6-2)9-10-15(14)18-7-3/h9-12,16H,5-8H2,1-4H3. The number of hydrogen-bond acceptors (Lipinski definition) is 3. The van der Waals surface area contributed by atoms with E-state index in [1.807, 2.05) is 32.0 Å². The SMILES string of the molecule is CCCC(C)Nc1cc(OCC)ccc1OCC. The first-order valence-corrected chi connectivity index (χ1v) is 6.87. The monoisotopic (exact) mass is 251 g/mol. The van der Waals surface area contributed by atoms with E-state index in [1.54, 1.807) is 0 Å². The van der Waals surface area contributed by atoms with Crippen molar-refractivity contribution in [3.63, 3.8) is 0 Å². The first kappa shape index (κ1) is 14.7. The van der Waals surface area contributed by atoms with Gasteiger partial charge in [-0.1, -0.05) is 13.3 Å². The highest BCUT2D eigenvalue weighted by atomic mass is 16.5. The number of hydrogen-bond donors (Lipinski definition) is 1. The van der Waals surface area contributed by atoms with Crippen LogP contribution in [0, 0.1) is 0 Å². The van der Waals surface area contributed by atoms with Crippen LogP contribution in [-0.2, 0) is 0 Å². The summed E-state index contributed by atoms with van der Waals surface area (Å²) in [5, 5.41) is 3.49.